The number of thiophene rings is 1. The largest absolute Gasteiger partial charge is 0.486 e. The molecule has 0 aliphatic carbocycles. The summed E-state index contributed by atoms with van der Waals surface area (Å²) in [7, 11) is 0. The van der Waals surface area contributed by atoms with Gasteiger partial charge in [-0.25, -0.2) is 4.39 Å². The van der Waals surface area contributed by atoms with Crippen molar-refractivity contribution in [2.24, 2.45) is 0 Å². The van der Waals surface area contributed by atoms with E-state index in [1.807, 2.05) is 29.2 Å². The molecule has 1 atom stereocenters. The van der Waals surface area contributed by atoms with Crippen molar-refractivity contribution in [2.45, 2.75) is 12.5 Å². The average molecular weight is 465 g/mol. The molecule has 0 radical (unpaired) electrons. The van der Waals surface area contributed by atoms with Gasteiger partial charge in [0.25, 0.3) is 5.91 Å². The number of piperazine rings is 1. The summed E-state index contributed by atoms with van der Waals surface area (Å²) in [6, 6.07) is 13.9. The second-order valence-corrected chi connectivity index (χ2v) is 9.49. The van der Waals surface area contributed by atoms with Crippen molar-refractivity contribution in [3.05, 3.63) is 70.4 Å². The minimum atomic E-state index is -0.275. The number of benzene rings is 2. The average Bonchev–Trinajstić information content (AvgIpc) is 3.33. The van der Waals surface area contributed by atoms with Crippen molar-refractivity contribution < 1.29 is 23.5 Å². The molecule has 2 aromatic carbocycles. The molecule has 0 spiro atoms. The van der Waals surface area contributed by atoms with Crippen LogP contribution in [0.25, 0.3) is 10.4 Å². The number of ether oxygens (including phenoxy) is 2. The van der Waals surface area contributed by atoms with E-state index in [0.29, 0.717) is 43.4 Å². The maximum absolute atomic E-state index is 13.7. The van der Waals surface area contributed by atoms with Crippen molar-refractivity contribution in [3.8, 4) is 21.9 Å². The molecule has 168 valence electrons. The van der Waals surface area contributed by atoms with Gasteiger partial charge in [0.1, 0.15) is 25.6 Å². The van der Waals surface area contributed by atoms with Crippen molar-refractivity contribution in [3.63, 3.8) is 0 Å². The number of nitrogens with zero attached hydrogens (tertiary/aromatic N) is 2. The summed E-state index contributed by atoms with van der Waals surface area (Å²) in [5.74, 6) is 0.919. The molecule has 3 aliphatic heterocycles. The van der Waals surface area contributed by atoms with E-state index in [1.54, 1.807) is 17.0 Å². The van der Waals surface area contributed by atoms with Crippen molar-refractivity contribution in [1.82, 2.24) is 9.80 Å². The van der Waals surface area contributed by atoms with Gasteiger partial charge < -0.3 is 19.3 Å². The first kappa shape index (κ1) is 20.2. The zero-order valence-electron chi connectivity index (χ0n) is 17.8. The molecule has 0 bridgehead atoms. The highest BCUT2D eigenvalue weighted by molar-refractivity contribution is 7.17. The van der Waals surface area contributed by atoms with Crippen LogP contribution >= 0.6 is 11.3 Å². The van der Waals surface area contributed by atoms with Crippen molar-refractivity contribution >= 4 is 23.2 Å². The van der Waals surface area contributed by atoms with E-state index >= 15 is 0 Å². The van der Waals surface area contributed by atoms with E-state index in [-0.39, 0.29) is 30.2 Å². The normalized spacial score (nSPS) is 19.2. The second-order valence-electron chi connectivity index (χ2n) is 8.40. The number of rotatable bonds is 2. The Labute approximate surface area is 194 Å². The number of hydrogen-bond acceptors (Lipinski definition) is 5. The molecule has 2 amide bonds. The predicted molar refractivity (Wildman–Crippen MR) is 121 cm³/mol. The van der Waals surface area contributed by atoms with Crippen LogP contribution in [-0.4, -0.2) is 54.5 Å². The quantitative estimate of drug-likeness (QED) is 0.577. The number of carbonyl (C=O) groups is 2. The summed E-state index contributed by atoms with van der Waals surface area (Å²) in [4.78, 5) is 31.1. The lowest BCUT2D eigenvalue weighted by Crippen LogP contribution is -2.55. The van der Waals surface area contributed by atoms with Crippen molar-refractivity contribution in [2.75, 3.05) is 32.8 Å². The third-order valence-electron chi connectivity index (χ3n) is 6.43. The lowest BCUT2D eigenvalue weighted by atomic mass is 9.90. The summed E-state index contributed by atoms with van der Waals surface area (Å²) in [6.45, 7) is 2.07. The number of fused-ring (bicyclic) bond motifs is 4. The Hall–Kier alpha value is -3.39. The molecular formula is C25H21FN2O4S. The van der Waals surface area contributed by atoms with Gasteiger partial charge in [-0.3, -0.25) is 9.59 Å². The molecule has 1 unspecified atom stereocenters. The molecule has 3 aromatic rings. The summed E-state index contributed by atoms with van der Waals surface area (Å²) >= 11 is 1.39. The highest BCUT2D eigenvalue weighted by Gasteiger charge is 2.39. The van der Waals surface area contributed by atoms with Crippen LogP contribution in [0.4, 0.5) is 4.39 Å². The maximum atomic E-state index is 13.7. The zero-order valence-corrected chi connectivity index (χ0v) is 18.6. The van der Waals surface area contributed by atoms with Crippen LogP contribution in [0.2, 0.25) is 0 Å². The molecule has 1 fully saturated rings. The topological polar surface area (TPSA) is 59.1 Å². The molecule has 33 heavy (non-hydrogen) atoms. The number of hydrogen-bond donors (Lipinski definition) is 0. The van der Waals surface area contributed by atoms with E-state index in [0.717, 1.165) is 27.3 Å². The van der Waals surface area contributed by atoms with Crippen molar-refractivity contribution in [1.29, 1.82) is 0 Å². The van der Waals surface area contributed by atoms with Crippen LogP contribution in [0.3, 0.4) is 0 Å². The Bertz CT molecular complexity index is 1270. The minimum Gasteiger partial charge on any atom is -0.486 e. The van der Waals surface area contributed by atoms with Gasteiger partial charge in [-0.05, 0) is 65.6 Å². The summed E-state index contributed by atoms with van der Waals surface area (Å²) < 4.78 is 25.0. The van der Waals surface area contributed by atoms with Gasteiger partial charge in [0.2, 0.25) is 5.91 Å². The fraction of sp³-hybridized carbons (Fsp3) is 0.280. The number of carbonyl (C=O) groups excluding carboxylic acids is 2. The molecule has 3 aliphatic rings. The molecular weight excluding hydrogens is 443 g/mol. The van der Waals surface area contributed by atoms with Gasteiger partial charge >= 0.3 is 0 Å². The third kappa shape index (κ3) is 3.54. The van der Waals surface area contributed by atoms with E-state index in [2.05, 4.69) is 0 Å². The third-order valence-corrected chi connectivity index (χ3v) is 7.56. The monoisotopic (exact) mass is 464 g/mol. The van der Waals surface area contributed by atoms with E-state index < -0.39 is 0 Å². The van der Waals surface area contributed by atoms with Gasteiger partial charge in [0.15, 0.2) is 11.5 Å². The maximum Gasteiger partial charge on any atom is 0.264 e. The Kier molecular flexibility index (Phi) is 4.83. The molecule has 4 heterocycles. The van der Waals surface area contributed by atoms with Crippen LogP contribution in [0, 0.1) is 5.82 Å². The van der Waals surface area contributed by atoms with Crippen LogP contribution in [0.15, 0.2) is 48.5 Å². The Balaban J connectivity index is 1.25. The van der Waals surface area contributed by atoms with Crippen LogP contribution in [0.5, 0.6) is 11.5 Å². The first-order valence-electron chi connectivity index (χ1n) is 10.9. The fourth-order valence-electron chi connectivity index (χ4n) is 4.82. The lowest BCUT2D eigenvalue weighted by molar-refractivity contribution is -0.139. The molecule has 8 heteroatoms. The van der Waals surface area contributed by atoms with Crippen LogP contribution in [0.1, 0.15) is 26.8 Å². The van der Waals surface area contributed by atoms with Gasteiger partial charge in [0, 0.05) is 18.0 Å². The van der Waals surface area contributed by atoms with Gasteiger partial charge in [-0.15, -0.1) is 11.3 Å². The molecule has 1 aromatic heterocycles. The van der Waals surface area contributed by atoms with Crippen LogP contribution in [-0.2, 0) is 11.2 Å². The molecule has 6 nitrogen and oxygen atoms in total. The molecule has 6 rings (SSSR count). The first-order valence-corrected chi connectivity index (χ1v) is 11.8. The lowest BCUT2D eigenvalue weighted by Gasteiger charge is -2.44. The minimum absolute atomic E-state index is 0.0586. The summed E-state index contributed by atoms with van der Waals surface area (Å²) in [5, 5.41) is 0. The Morgan fingerprint density at radius 3 is 2.76 bits per heavy atom. The Morgan fingerprint density at radius 2 is 1.88 bits per heavy atom. The van der Waals surface area contributed by atoms with E-state index in [4.69, 9.17) is 9.47 Å². The Morgan fingerprint density at radius 1 is 1.03 bits per heavy atom. The molecule has 0 N–H and O–H groups in total. The highest BCUT2D eigenvalue weighted by atomic mass is 32.1. The first-order chi connectivity index (χ1) is 16.1. The van der Waals surface area contributed by atoms with Gasteiger partial charge in [-0.2, -0.15) is 0 Å². The summed E-state index contributed by atoms with van der Waals surface area (Å²) in [6.07, 6.45) is 0.632. The smallest absolute Gasteiger partial charge is 0.264 e. The molecule has 0 saturated carbocycles. The second kappa shape index (κ2) is 7.88. The van der Waals surface area contributed by atoms with Gasteiger partial charge in [0.05, 0.1) is 10.9 Å². The predicted octanol–water partition coefficient (Wildman–Crippen LogP) is 3.91. The number of halogens is 1. The van der Waals surface area contributed by atoms with E-state index in [1.165, 1.54) is 23.5 Å². The van der Waals surface area contributed by atoms with E-state index in [9.17, 15) is 14.0 Å². The number of amides is 2. The fourth-order valence-corrected chi connectivity index (χ4v) is 5.79. The molecule has 1 saturated heterocycles. The zero-order chi connectivity index (χ0) is 22.5. The summed E-state index contributed by atoms with van der Waals surface area (Å²) in [5.41, 5.74) is 2.79. The standard InChI is InChI=1S/C25H21FN2O4S/c26-17-2-3-18-15(11-17)7-8-28-19(18)13-27(14-24(28)29)25(30)23-6-5-22(33-23)16-1-4-20-21(12-16)32-10-9-31-20/h1-6,11-12,19H,7-10,13-14H2. The SMILES string of the molecule is O=C(c1ccc(-c2ccc3c(c2)OCCO3)s1)N1CC(=O)N2CCc3cc(F)ccc3C2C1. The van der Waals surface area contributed by atoms with Gasteiger partial charge in [-0.1, -0.05) is 6.07 Å². The highest BCUT2D eigenvalue weighted by Crippen LogP contribution is 2.38. The van der Waals surface area contributed by atoms with Crippen LogP contribution < -0.4 is 9.47 Å².